The highest BCUT2D eigenvalue weighted by Crippen LogP contribution is 2.18. The number of ether oxygens (including phenoxy) is 1. The zero-order valence-corrected chi connectivity index (χ0v) is 11.6. The highest BCUT2D eigenvalue weighted by Gasteiger charge is 2.06. The van der Waals surface area contributed by atoms with E-state index in [1.807, 2.05) is 0 Å². The molecule has 116 valence electrons. The Morgan fingerprint density at radius 2 is 1.35 bits per heavy atom. The van der Waals surface area contributed by atoms with E-state index in [-0.39, 0.29) is 17.1 Å². The lowest BCUT2D eigenvalue weighted by atomic mass is 10.2. The van der Waals surface area contributed by atoms with Crippen molar-refractivity contribution in [2.75, 3.05) is 0 Å². The van der Waals surface area contributed by atoms with Crippen LogP contribution in [-0.4, -0.2) is 15.8 Å². The molecule has 0 heterocycles. The summed E-state index contributed by atoms with van der Waals surface area (Å²) in [6.45, 7) is 0. The third-order valence-electron chi connectivity index (χ3n) is 2.78. The number of nitro benzene ring substituents is 2. The van der Waals surface area contributed by atoms with Crippen molar-refractivity contribution in [3.8, 4) is 5.75 Å². The lowest BCUT2D eigenvalue weighted by Crippen LogP contribution is -2.03. The Bertz CT molecular complexity index is 766. The zero-order valence-electron chi connectivity index (χ0n) is 11.6. The van der Waals surface area contributed by atoms with Crippen LogP contribution in [0.3, 0.4) is 0 Å². The second-order valence-electron chi connectivity index (χ2n) is 4.35. The van der Waals surface area contributed by atoms with Crippen LogP contribution in [0.4, 0.5) is 11.4 Å². The summed E-state index contributed by atoms with van der Waals surface area (Å²) in [4.78, 5) is 31.6. The average Bonchev–Trinajstić information content (AvgIpc) is 2.54. The van der Waals surface area contributed by atoms with E-state index in [0.717, 1.165) is 6.08 Å². The van der Waals surface area contributed by atoms with Crippen molar-refractivity contribution in [3.63, 3.8) is 0 Å². The Balaban J connectivity index is 1.98. The molecule has 0 unspecified atom stereocenters. The van der Waals surface area contributed by atoms with Gasteiger partial charge in [-0.3, -0.25) is 20.2 Å². The predicted octanol–water partition coefficient (Wildman–Crippen LogP) is 3.12. The Kier molecular flexibility index (Phi) is 4.78. The fourth-order valence-electron chi connectivity index (χ4n) is 1.66. The fourth-order valence-corrected chi connectivity index (χ4v) is 1.66. The molecule has 0 amide bonds. The summed E-state index contributed by atoms with van der Waals surface area (Å²) in [5, 5.41) is 21.0. The van der Waals surface area contributed by atoms with Crippen LogP contribution in [-0.2, 0) is 4.79 Å². The molecule has 23 heavy (non-hydrogen) atoms. The molecule has 0 aliphatic carbocycles. The highest BCUT2D eigenvalue weighted by molar-refractivity contribution is 5.88. The lowest BCUT2D eigenvalue weighted by molar-refractivity contribution is -0.385. The number of rotatable bonds is 5. The van der Waals surface area contributed by atoms with Gasteiger partial charge in [0.2, 0.25) is 0 Å². The third-order valence-corrected chi connectivity index (χ3v) is 2.78. The first kappa shape index (κ1) is 15.8. The van der Waals surface area contributed by atoms with Crippen LogP contribution in [0.15, 0.2) is 54.6 Å². The number of nitro groups is 2. The molecule has 0 fully saturated rings. The van der Waals surface area contributed by atoms with Crippen LogP contribution < -0.4 is 4.74 Å². The maximum atomic E-state index is 11.6. The van der Waals surface area contributed by atoms with Gasteiger partial charge in [0, 0.05) is 30.3 Å². The summed E-state index contributed by atoms with van der Waals surface area (Å²) < 4.78 is 4.98. The van der Waals surface area contributed by atoms with Gasteiger partial charge in [0.1, 0.15) is 5.75 Å². The summed E-state index contributed by atoms with van der Waals surface area (Å²) >= 11 is 0. The van der Waals surface area contributed by atoms with E-state index in [9.17, 15) is 25.0 Å². The zero-order chi connectivity index (χ0) is 16.8. The quantitative estimate of drug-likeness (QED) is 0.275. The fraction of sp³-hybridized carbons (Fsp3) is 0. The normalized spacial score (nSPS) is 10.4. The molecule has 0 spiro atoms. The molecule has 8 heteroatoms. The molecule has 2 rings (SSSR count). The predicted molar refractivity (Wildman–Crippen MR) is 80.9 cm³/mol. The van der Waals surface area contributed by atoms with Crippen molar-refractivity contribution >= 4 is 23.4 Å². The van der Waals surface area contributed by atoms with Crippen molar-refractivity contribution in [2.45, 2.75) is 0 Å². The van der Waals surface area contributed by atoms with Crippen molar-refractivity contribution in [1.29, 1.82) is 0 Å². The third kappa shape index (κ3) is 4.46. The minimum absolute atomic E-state index is 0.0457. The van der Waals surface area contributed by atoms with Gasteiger partial charge in [0.25, 0.3) is 11.4 Å². The average molecular weight is 314 g/mol. The molecule has 0 aromatic heterocycles. The van der Waals surface area contributed by atoms with Crippen LogP contribution >= 0.6 is 0 Å². The van der Waals surface area contributed by atoms with E-state index >= 15 is 0 Å². The number of nitrogens with zero attached hydrogens (tertiary/aromatic N) is 2. The molecule has 0 atom stereocenters. The van der Waals surface area contributed by atoms with Crippen LogP contribution in [0.5, 0.6) is 5.75 Å². The van der Waals surface area contributed by atoms with Crippen molar-refractivity contribution in [2.24, 2.45) is 0 Å². The molecule has 0 saturated heterocycles. The maximum absolute atomic E-state index is 11.6. The van der Waals surface area contributed by atoms with Gasteiger partial charge in [-0.05, 0) is 35.9 Å². The SMILES string of the molecule is O=C(/C=C/c1ccc([N+](=O)[O-])cc1)Oc1ccc([N+](=O)[O-])cc1. The number of esters is 1. The Hall–Kier alpha value is -3.55. The van der Waals surface area contributed by atoms with Gasteiger partial charge in [-0.25, -0.2) is 4.79 Å². The summed E-state index contributed by atoms with van der Waals surface area (Å²) in [6, 6.07) is 10.7. The van der Waals surface area contributed by atoms with Gasteiger partial charge < -0.3 is 4.74 Å². The van der Waals surface area contributed by atoms with E-state index in [0.29, 0.717) is 5.56 Å². The molecule has 0 bridgehead atoms. The van der Waals surface area contributed by atoms with Crippen LogP contribution in [0.25, 0.3) is 6.08 Å². The van der Waals surface area contributed by atoms with E-state index in [2.05, 4.69) is 0 Å². The molecule has 0 N–H and O–H groups in total. The minimum atomic E-state index is -0.669. The van der Waals surface area contributed by atoms with Gasteiger partial charge in [0.05, 0.1) is 9.85 Å². The number of hydrogen-bond acceptors (Lipinski definition) is 6. The van der Waals surface area contributed by atoms with E-state index in [4.69, 9.17) is 4.74 Å². The number of carbonyl (C=O) groups is 1. The van der Waals surface area contributed by atoms with Crippen LogP contribution in [0, 0.1) is 20.2 Å². The minimum Gasteiger partial charge on any atom is -0.423 e. The van der Waals surface area contributed by atoms with Gasteiger partial charge in [-0.2, -0.15) is 0 Å². The lowest BCUT2D eigenvalue weighted by Gasteiger charge is -2.00. The Morgan fingerprint density at radius 1 is 0.870 bits per heavy atom. The highest BCUT2D eigenvalue weighted by atomic mass is 16.6. The summed E-state index contributed by atoms with van der Waals surface area (Å²) in [5.74, 6) is -0.494. The largest absolute Gasteiger partial charge is 0.423 e. The first-order chi connectivity index (χ1) is 11.0. The summed E-state index contributed by atoms with van der Waals surface area (Å²) in [7, 11) is 0. The smallest absolute Gasteiger partial charge is 0.336 e. The number of benzene rings is 2. The Morgan fingerprint density at radius 3 is 1.83 bits per heavy atom. The maximum Gasteiger partial charge on any atom is 0.336 e. The standard InChI is InChI=1S/C15H10N2O6/c18-15(23-14-8-6-13(7-9-14)17(21)22)10-3-11-1-4-12(5-2-11)16(19)20/h1-10H/b10-3+. The molecular weight excluding hydrogens is 304 g/mol. The molecule has 0 saturated carbocycles. The molecule has 8 nitrogen and oxygen atoms in total. The van der Waals surface area contributed by atoms with Gasteiger partial charge >= 0.3 is 5.97 Å². The number of non-ortho nitro benzene ring substituents is 2. The molecule has 0 radical (unpaired) electrons. The molecule has 2 aromatic carbocycles. The summed E-state index contributed by atoms with van der Waals surface area (Å²) in [5.41, 5.74) is 0.443. The van der Waals surface area contributed by atoms with Gasteiger partial charge in [0.15, 0.2) is 0 Å². The van der Waals surface area contributed by atoms with E-state index in [1.165, 1.54) is 54.6 Å². The van der Waals surface area contributed by atoms with Crippen molar-refractivity contribution < 1.29 is 19.4 Å². The first-order valence-corrected chi connectivity index (χ1v) is 6.34. The Labute approximate surface area is 129 Å². The molecule has 0 aliphatic rings. The van der Waals surface area contributed by atoms with Crippen molar-refractivity contribution in [3.05, 3.63) is 80.4 Å². The summed E-state index contributed by atoms with van der Waals surface area (Å²) in [6.07, 6.45) is 2.60. The van der Waals surface area contributed by atoms with Crippen LogP contribution in [0.1, 0.15) is 5.56 Å². The second kappa shape index (κ2) is 6.94. The first-order valence-electron chi connectivity index (χ1n) is 6.34. The van der Waals surface area contributed by atoms with Crippen LogP contribution in [0.2, 0.25) is 0 Å². The van der Waals surface area contributed by atoms with E-state index in [1.54, 1.807) is 0 Å². The second-order valence-corrected chi connectivity index (χ2v) is 4.35. The monoisotopic (exact) mass is 314 g/mol. The van der Waals surface area contributed by atoms with Gasteiger partial charge in [-0.15, -0.1) is 0 Å². The molecule has 0 aliphatic heterocycles. The molecular formula is C15H10N2O6. The van der Waals surface area contributed by atoms with Crippen molar-refractivity contribution in [1.82, 2.24) is 0 Å². The topological polar surface area (TPSA) is 113 Å². The van der Waals surface area contributed by atoms with Gasteiger partial charge in [-0.1, -0.05) is 0 Å². The number of hydrogen-bond donors (Lipinski definition) is 0. The van der Waals surface area contributed by atoms with E-state index < -0.39 is 15.8 Å². The molecule has 2 aromatic rings. The number of carbonyl (C=O) groups excluding carboxylic acids is 1.